The molecule has 1 aliphatic rings. The van der Waals surface area contributed by atoms with E-state index in [-0.39, 0.29) is 18.4 Å². The molecule has 26 heavy (non-hydrogen) atoms. The van der Waals surface area contributed by atoms with Gasteiger partial charge in [-0.2, -0.15) is 10.4 Å². The van der Waals surface area contributed by atoms with Crippen LogP contribution in [0.15, 0.2) is 48.7 Å². The van der Waals surface area contributed by atoms with Crippen molar-refractivity contribution in [1.29, 1.82) is 5.26 Å². The van der Waals surface area contributed by atoms with Gasteiger partial charge in [0, 0.05) is 0 Å². The number of ether oxygens (including phenoxy) is 1. The van der Waals surface area contributed by atoms with Gasteiger partial charge in [0.25, 0.3) is 0 Å². The summed E-state index contributed by atoms with van der Waals surface area (Å²) in [5.41, 5.74) is 11.4. The van der Waals surface area contributed by atoms with Crippen molar-refractivity contribution in [2.75, 3.05) is 12.3 Å². The fourth-order valence-electron chi connectivity index (χ4n) is 3.24. The summed E-state index contributed by atoms with van der Waals surface area (Å²) >= 11 is 0. The lowest BCUT2D eigenvalue weighted by atomic mass is 10.0. The second kappa shape index (κ2) is 6.37. The van der Waals surface area contributed by atoms with Crippen molar-refractivity contribution in [3.05, 3.63) is 70.9 Å². The molecule has 2 aromatic carbocycles. The van der Waals surface area contributed by atoms with Gasteiger partial charge in [0.15, 0.2) is 0 Å². The van der Waals surface area contributed by atoms with E-state index in [4.69, 9.17) is 15.7 Å². The summed E-state index contributed by atoms with van der Waals surface area (Å²) in [6, 6.07) is 15.9. The highest BCUT2D eigenvalue weighted by Crippen LogP contribution is 2.36. The van der Waals surface area contributed by atoms with E-state index in [9.17, 15) is 4.79 Å². The number of nitrogens with two attached hydrogens (primary N) is 1. The maximum atomic E-state index is 12.3. The van der Waals surface area contributed by atoms with Crippen molar-refractivity contribution in [3.63, 3.8) is 0 Å². The van der Waals surface area contributed by atoms with Crippen LogP contribution in [0.25, 0.3) is 11.1 Å². The van der Waals surface area contributed by atoms with Crippen molar-refractivity contribution >= 4 is 11.8 Å². The van der Waals surface area contributed by atoms with Crippen LogP contribution >= 0.6 is 0 Å². The van der Waals surface area contributed by atoms with Crippen molar-refractivity contribution in [3.8, 4) is 17.2 Å². The summed E-state index contributed by atoms with van der Waals surface area (Å²) in [4.78, 5) is 12.3. The summed E-state index contributed by atoms with van der Waals surface area (Å²) in [7, 11) is 0. The maximum absolute atomic E-state index is 12.3. The molecule has 0 fully saturated rings. The molecule has 0 spiro atoms. The number of carbonyl (C=O) groups excluding carboxylic acids is 1. The first-order chi connectivity index (χ1) is 12.7. The quantitative estimate of drug-likeness (QED) is 0.575. The number of aromatic nitrogens is 2. The Bertz CT molecular complexity index is 1050. The lowest BCUT2D eigenvalue weighted by Crippen LogP contribution is -2.14. The molecule has 6 nitrogen and oxygen atoms in total. The second-order valence-corrected chi connectivity index (χ2v) is 6.12. The third-order valence-corrected chi connectivity index (χ3v) is 4.57. The zero-order valence-corrected chi connectivity index (χ0v) is 14.0. The number of anilines is 1. The van der Waals surface area contributed by atoms with Crippen molar-refractivity contribution in [2.24, 2.45) is 0 Å². The Morgan fingerprint density at radius 2 is 2.04 bits per heavy atom. The van der Waals surface area contributed by atoms with Gasteiger partial charge in [0.1, 0.15) is 24.1 Å². The van der Waals surface area contributed by atoms with E-state index >= 15 is 0 Å². The number of nitrogen functional groups attached to an aromatic ring is 1. The molecule has 6 heteroatoms. The highest BCUT2D eigenvalue weighted by molar-refractivity contribution is 5.91. The highest BCUT2D eigenvalue weighted by atomic mass is 16.5. The zero-order valence-electron chi connectivity index (χ0n) is 14.0. The molecular weight excluding hydrogens is 328 g/mol. The van der Waals surface area contributed by atoms with Gasteiger partial charge in [-0.25, -0.2) is 9.48 Å². The summed E-state index contributed by atoms with van der Waals surface area (Å²) < 4.78 is 6.78. The van der Waals surface area contributed by atoms with Crippen molar-refractivity contribution in [2.45, 2.75) is 13.0 Å². The van der Waals surface area contributed by atoms with Crippen LogP contribution in [0.3, 0.4) is 0 Å². The van der Waals surface area contributed by atoms with Gasteiger partial charge in [-0.1, -0.05) is 30.3 Å². The summed E-state index contributed by atoms with van der Waals surface area (Å²) in [6.07, 6.45) is 2.22. The van der Waals surface area contributed by atoms with Crippen molar-refractivity contribution < 1.29 is 9.53 Å². The first kappa shape index (κ1) is 15.9. The van der Waals surface area contributed by atoms with E-state index in [1.54, 1.807) is 6.07 Å². The molecule has 1 aliphatic carbocycles. The standard InChI is InChI=1S/C20H16N4O2/c21-11-16-12-23-24(19(16)22)7-8-26-20(25)14-5-6-18-15(10-14)9-13-3-1-2-4-17(13)18/h1-6,10,12H,7-9,22H2. The monoisotopic (exact) mass is 344 g/mol. The summed E-state index contributed by atoms with van der Waals surface area (Å²) in [6.45, 7) is 0.433. The Labute approximate surface area is 150 Å². The van der Waals surface area contributed by atoms with E-state index in [1.807, 2.05) is 30.3 Å². The Balaban J connectivity index is 1.42. The molecule has 128 valence electrons. The number of hydrogen-bond donors (Lipinski definition) is 1. The molecule has 1 heterocycles. The van der Waals surface area contributed by atoms with E-state index < -0.39 is 0 Å². The number of esters is 1. The molecular formula is C20H16N4O2. The van der Waals surface area contributed by atoms with Gasteiger partial charge >= 0.3 is 5.97 Å². The first-order valence-corrected chi connectivity index (χ1v) is 8.27. The number of hydrogen-bond acceptors (Lipinski definition) is 5. The first-order valence-electron chi connectivity index (χ1n) is 8.27. The van der Waals surface area contributed by atoms with Gasteiger partial charge in [0.05, 0.1) is 18.3 Å². The molecule has 0 radical (unpaired) electrons. The molecule has 0 amide bonds. The number of rotatable bonds is 4. The minimum atomic E-state index is -0.380. The average Bonchev–Trinajstić information content (AvgIpc) is 3.21. The number of benzene rings is 2. The van der Waals surface area contributed by atoms with Crippen LogP contribution in [0, 0.1) is 11.3 Å². The van der Waals surface area contributed by atoms with Crippen LogP contribution in [0.4, 0.5) is 5.82 Å². The lowest BCUT2D eigenvalue weighted by Gasteiger charge is -2.08. The number of fused-ring (bicyclic) bond motifs is 3. The molecule has 0 bridgehead atoms. The number of nitriles is 1. The Kier molecular flexibility index (Phi) is 3.90. The Morgan fingerprint density at radius 3 is 2.85 bits per heavy atom. The second-order valence-electron chi connectivity index (χ2n) is 6.12. The largest absolute Gasteiger partial charge is 0.460 e. The van der Waals surface area contributed by atoms with Gasteiger partial charge in [-0.3, -0.25) is 0 Å². The Morgan fingerprint density at radius 1 is 1.23 bits per heavy atom. The molecule has 4 rings (SSSR count). The number of nitrogens with zero attached hydrogens (tertiary/aromatic N) is 3. The van der Waals surface area contributed by atoms with Crippen LogP contribution in [-0.2, 0) is 17.7 Å². The van der Waals surface area contributed by atoms with E-state index in [1.165, 1.54) is 27.6 Å². The predicted molar refractivity (Wildman–Crippen MR) is 96.3 cm³/mol. The molecule has 2 N–H and O–H groups in total. The van der Waals surface area contributed by atoms with Gasteiger partial charge in [-0.15, -0.1) is 0 Å². The molecule has 0 atom stereocenters. The fraction of sp³-hybridized carbons (Fsp3) is 0.150. The minimum Gasteiger partial charge on any atom is -0.460 e. The SMILES string of the molecule is N#Cc1cnn(CCOC(=O)c2ccc3c(c2)Cc2ccccc2-3)c1N. The summed E-state index contributed by atoms with van der Waals surface area (Å²) in [5.74, 6) is -0.103. The molecule has 3 aromatic rings. The smallest absolute Gasteiger partial charge is 0.338 e. The van der Waals surface area contributed by atoms with Crippen LogP contribution in [0.2, 0.25) is 0 Å². The number of carbonyl (C=O) groups is 1. The zero-order chi connectivity index (χ0) is 18.1. The van der Waals surface area contributed by atoms with Gasteiger partial charge in [0.2, 0.25) is 0 Å². The fourth-order valence-corrected chi connectivity index (χ4v) is 3.24. The molecule has 0 unspecified atom stereocenters. The van der Waals surface area contributed by atoms with Gasteiger partial charge in [-0.05, 0) is 40.8 Å². The van der Waals surface area contributed by atoms with Crippen LogP contribution in [0.1, 0.15) is 27.0 Å². The van der Waals surface area contributed by atoms with Crippen LogP contribution in [0.5, 0.6) is 0 Å². The van der Waals surface area contributed by atoms with Crippen molar-refractivity contribution in [1.82, 2.24) is 9.78 Å². The predicted octanol–water partition coefficient (Wildman–Crippen LogP) is 2.77. The molecule has 0 saturated heterocycles. The topological polar surface area (TPSA) is 93.9 Å². The molecule has 1 aromatic heterocycles. The highest BCUT2D eigenvalue weighted by Gasteiger charge is 2.19. The van der Waals surface area contributed by atoms with Crippen LogP contribution < -0.4 is 5.73 Å². The third-order valence-electron chi connectivity index (χ3n) is 4.57. The molecule has 0 aliphatic heterocycles. The van der Waals surface area contributed by atoms with E-state index in [0.717, 1.165) is 12.0 Å². The normalized spacial score (nSPS) is 11.5. The Hall–Kier alpha value is -3.59. The summed E-state index contributed by atoms with van der Waals surface area (Å²) in [5, 5.41) is 12.9. The third kappa shape index (κ3) is 2.70. The molecule has 0 saturated carbocycles. The minimum absolute atomic E-state index is 0.132. The average molecular weight is 344 g/mol. The maximum Gasteiger partial charge on any atom is 0.338 e. The lowest BCUT2D eigenvalue weighted by molar-refractivity contribution is 0.0488. The van der Waals surface area contributed by atoms with Crippen LogP contribution in [-0.4, -0.2) is 22.4 Å². The van der Waals surface area contributed by atoms with Gasteiger partial charge < -0.3 is 10.5 Å². The van der Waals surface area contributed by atoms with E-state index in [0.29, 0.717) is 17.7 Å². The van der Waals surface area contributed by atoms with E-state index in [2.05, 4.69) is 17.2 Å².